The van der Waals surface area contributed by atoms with Gasteiger partial charge in [-0.2, -0.15) is 0 Å². The van der Waals surface area contributed by atoms with Crippen LogP contribution in [0.2, 0.25) is 0 Å². The molecule has 26 heavy (non-hydrogen) atoms. The average molecular weight is 362 g/mol. The number of nitrogens with zero attached hydrogens (tertiary/aromatic N) is 2. The smallest absolute Gasteiger partial charge is 0.165 e. The molecule has 0 radical (unpaired) electrons. The molecule has 1 aromatic heterocycles. The van der Waals surface area contributed by atoms with Crippen molar-refractivity contribution in [3.8, 4) is 5.75 Å². The van der Waals surface area contributed by atoms with Crippen molar-refractivity contribution in [1.29, 1.82) is 0 Å². The zero-order valence-corrected chi connectivity index (χ0v) is 15.4. The molecule has 1 N–H and O–H groups in total. The Bertz CT molecular complexity index is 719. The van der Waals surface area contributed by atoms with Crippen molar-refractivity contribution >= 4 is 0 Å². The van der Waals surface area contributed by atoms with Gasteiger partial charge in [-0.3, -0.25) is 9.80 Å². The van der Waals surface area contributed by atoms with Gasteiger partial charge in [0.1, 0.15) is 11.5 Å². The van der Waals surface area contributed by atoms with E-state index in [1.54, 1.807) is 12.1 Å². The fourth-order valence-electron chi connectivity index (χ4n) is 3.56. The van der Waals surface area contributed by atoms with E-state index in [1.165, 1.54) is 13.2 Å². The number of halogens is 1. The van der Waals surface area contributed by atoms with Crippen molar-refractivity contribution in [3.05, 3.63) is 53.2 Å². The van der Waals surface area contributed by atoms with E-state index in [0.717, 1.165) is 56.2 Å². The number of aliphatic hydroxyl groups excluding tert-OH is 1. The molecule has 1 saturated heterocycles. The van der Waals surface area contributed by atoms with Crippen molar-refractivity contribution in [2.24, 2.45) is 0 Å². The molecular weight excluding hydrogens is 335 g/mol. The second-order valence-electron chi connectivity index (χ2n) is 6.85. The van der Waals surface area contributed by atoms with Gasteiger partial charge in [-0.25, -0.2) is 4.39 Å². The molecule has 1 atom stereocenters. The van der Waals surface area contributed by atoms with Crippen LogP contribution in [0.1, 0.15) is 23.5 Å². The first-order chi connectivity index (χ1) is 12.6. The number of ether oxygens (including phenoxy) is 1. The summed E-state index contributed by atoms with van der Waals surface area (Å²) in [6, 6.07) is 9.28. The number of furan rings is 1. The summed E-state index contributed by atoms with van der Waals surface area (Å²) in [6.45, 7) is 6.30. The molecule has 2 heterocycles. The van der Waals surface area contributed by atoms with Crippen LogP contribution in [-0.4, -0.2) is 54.3 Å². The largest absolute Gasteiger partial charge is 0.494 e. The first-order valence-corrected chi connectivity index (χ1v) is 9.04. The van der Waals surface area contributed by atoms with Gasteiger partial charge in [0.2, 0.25) is 0 Å². The predicted octanol–water partition coefficient (Wildman–Crippen LogP) is 2.80. The van der Waals surface area contributed by atoms with Gasteiger partial charge < -0.3 is 14.3 Å². The third kappa shape index (κ3) is 4.63. The number of methoxy groups -OCH3 is 1. The standard InChI is InChI=1S/C20H27FN2O3/c1-15-3-5-18(26-15)14-23-9-8-22(13-17(23)7-10-24)12-16-4-6-19(21)20(11-16)25-2/h3-6,11,17,24H,7-10,12-14H2,1-2H3. The predicted molar refractivity (Wildman–Crippen MR) is 97.6 cm³/mol. The minimum absolute atomic E-state index is 0.163. The molecule has 1 aromatic carbocycles. The maximum Gasteiger partial charge on any atom is 0.165 e. The number of benzene rings is 1. The van der Waals surface area contributed by atoms with Crippen LogP contribution >= 0.6 is 0 Å². The van der Waals surface area contributed by atoms with E-state index >= 15 is 0 Å². The normalized spacial score (nSPS) is 19.0. The van der Waals surface area contributed by atoms with Gasteiger partial charge in [0.05, 0.1) is 13.7 Å². The van der Waals surface area contributed by atoms with Crippen molar-refractivity contribution in [1.82, 2.24) is 9.80 Å². The van der Waals surface area contributed by atoms with Gasteiger partial charge in [-0.1, -0.05) is 6.07 Å². The summed E-state index contributed by atoms with van der Waals surface area (Å²) in [5.41, 5.74) is 1.03. The Kier molecular flexibility index (Phi) is 6.29. The Morgan fingerprint density at radius 3 is 2.77 bits per heavy atom. The van der Waals surface area contributed by atoms with Gasteiger partial charge in [-0.05, 0) is 43.2 Å². The van der Waals surface area contributed by atoms with E-state index < -0.39 is 0 Å². The lowest BCUT2D eigenvalue weighted by Crippen LogP contribution is -2.52. The van der Waals surface area contributed by atoms with Crippen LogP contribution in [0.5, 0.6) is 5.75 Å². The lowest BCUT2D eigenvalue weighted by Gasteiger charge is -2.41. The second kappa shape index (κ2) is 8.66. The maximum absolute atomic E-state index is 13.6. The number of aliphatic hydroxyl groups is 1. The molecule has 5 nitrogen and oxygen atoms in total. The lowest BCUT2D eigenvalue weighted by atomic mass is 10.1. The first kappa shape index (κ1) is 18.9. The summed E-state index contributed by atoms with van der Waals surface area (Å²) in [4.78, 5) is 4.72. The Morgan fingerprint density at radius 2 is 2.08 bits per heavy atom. The molecular formula is C20H27FN2O3. The lowest BCUT2D eigenvalue weighted by molar-refractivity contribution is 0.0454. The molecule has 1 fully saturated rings. The molecule has 0 amide bonds. The number of hydrogen-bond donors (Lipinski definition) is 1. The van der Waals surface area contributed by atoms with Crippen LogP contribution < -0.4 is 4.74 Å². The van der Waals surface area contributed by atoms with Crippen LogP contribution in [0.25, 0.3) is 0 Å². The topological polar surface area (TPSA) is 49.1 Å². The highest BCUT2D eigenvalue weighted by atomic mass is 19.1. The fourth-order valence-corrected chi connectivity index (χ4v) is 3.56. The highest BCUT2D eigenvalue weighted by Crippen LogP contribution is 2.22. The molecule has 2 aromatic rings. The van der Waals surface area contributed by atoms with Gasteiger partial charge in [0.15, 0.2) is 11.6 Å². The third-order valence-electron chi connectivity index (χ3n) is 4.93. The monoisotopic (exact) mass is 362 g/mol. The van der Waals surface area contributed by atoms with Crippen molar-refractivity contribution in [2.45, 2.75) is 32.5 Å². The number of rotatable bonds is 7. The SMILES string of the molecule is COc1cc(CN2CCN(Cc3ccc(C)o3)C(CCO)C2)ccc1F. The molecule has 6 heteroatoms. The van der Waals surface area contributed by atoms with Crippen LogP contribution in [-0.2, 0) is 13.1 Å². The summed E-state index contributed by atoms with van der Waals surface area (Å²) < 4.78 is 24.4. The van der Waals surface area contributed by atoms with Crippen LogP contribution in [0.15, 0.2) is 34.7 Å². The van der Waals surface area contributed by atoms with Crippen LogP contribution in [0.3, 0.4) is 0 Å². The first-order valence-electron chi connectivity index (χ1n) is 9.04. The maximum atomic E-state index is 13.6. The molecule has 0 bridgehead atoms. The highest BCUT2D eigenvalue weighted by molar-refractivity contribution is 5.30. The molecule has 0 spiro atoms. The summed E-state index contributed by atoms with van der Waals surface area (Å²) in [7, 11) is 1.48. The van der Waals surface area contributed by atoms with Gasteiger partial charge >= 0.3 is 0 Å². The molecule has 0 saturated carbocycles. The molecule has 1 aliphatic heterocycles. The molecule has 3 rings (SSSR count). The van der Waals surface area contributed by atoms with E-state index in [-0.39, 0.29) is 24.2 Å². The number of piperazine rings is 1. The van der Waals surface area contributed by atoms with E-state index in [2.05, 4.69) is 9.80 Å². The number of hydrogen-bond acceptors (Lipinski definition) is 5. The van der Waals surface area contributed by atoms with Crippen molar-refractivity contribution in [3.63, 3.8) is 0 Å². The quantitative estimate of drug-likeness (QED) is 0.821. The summed E-state index contributed by atoms with van der Waals surface area (Å²) in [5, 5.41) is 9.45. The zero-order chi connectivity index (χ0) is 18.5. The van der Waals surface area contributed by atoms with Crippen molar-refractivity contribution in [2.75, 3.05) is 33.4 Å². The van der Waals surface area contributed by atoms with E-state index in [4.69, 9.17) is 9.15 Å². The Hall–Kier alpha value is -1.89. The van der Waals surface area contributed by atoms with Crippen LogP contribution in [0, 0.1) is 12.7 Å². The fraction of sp³-hybridized carbons (Fsp3) is 0.500. The third-order valence-corrected chi connectivity index (χ3v) is 4.93. The van der Waals surface area contributed by atoms with Gasteiger partial charge in [0.25, 0.3) is 0 Å². The highest BCUT2D eigenvalue weighted by Gasteiger charge is 2.27. The summed E-state index contributed by atoms with van der Waals surface area (Å²) in [6.07, 6.45) is 0.725. The van der Waals surface area contributed by atoms with E-state index in [0.29, 0.717) is 0 Å². The molecule has 0 aliphatic carbocycles. The van der Waals surface area contributed by atoms with E-state index in [9.17, 15) is 9.50 Å². The van der Waals surface area contributed by atoms with E-state index in [1.807, 2.05) is 19.1 Å². The Labute approximate surface area is 154 Å². The second-order valence-corrected chi connectivity index (χ2v) is 6.85. The minimum atomic E-state index is -0.340. The molecule has 1 unspecified atom stereocenters. The summed E-state index contributed by atoms with van der Waals surface area (Å²) in [5.74, 6) is 1.82. The van der Waals surface area contributed by atoms with Gasteiger partial charge in [0, 0.05) is 38.8 Å². The Balaban J connectivity index is 1.63. The van der Waals surface area contributed by atoms with Crippen LogP contribution in [0.4, 0.5) is 4.39 Å². The number of aryl methyl sites for hydroxylation is 1. The molecule has 1 aliphatic rings. The summed E-state index contributed by atoms with van der Waals surface area (Å²) >= 11 is 0. The van der Waals surface area contributed by atoms with Crippen molar-refractivity contribution < 1.29 is 18.7 Å². The average Bonchev–Trinajstić information content (AvgIpc) is 3.04. The Morgan fingerprint density at radius 1 is 1.23 bits per heavy atom. The zero-order valence-electron chi connectivity index (χ0n) is 15.4. The minimum Gasteiger partial charge on any atom is -0.494 e. The molecule has 142 valence electrons. The van der Waals surface area contributed by atoms with Gasteiger partial charge in [-0.15, -0.1) is 0 Å².